The number of pyridine rings is 1. The molecule has 0 spiro atoms. The Morgan fingerprint density at radius 2 is 1.84 bits per heavy atom. The minimum absolute atomic E-state index is 0.339. The van der Waals surface area contributed by atoms with Crippen LogP contribution in [0.25, 0.3) is 11.0 Å². The van der Waals surface area contributed by atoms with E-state index in [1.54, 1.807) is 12.3 Å². The van der Waals surface area contributed by atoms with Gasteiger partial charge in [0, 0.05) is 17.9 Å². The lowest BCUT2D eigenvalue weighted by Crippen LogP contribution is -2.41. The summed E-state index contributed by atoms with van der Waals surface area (Å²) in [5.74, 6) is -0.343. The van der Waals surface area contributed by atoms with Crippen molar-refractivity contribution in [2.24, 2.45) is 0 Å². The first-order valence-corrected chi connectivity index (χ1v) is 6.29. The van der Waals surface area contributed by atoms with Crippen LogP contribution in [0.2, 0.25) is 0 Å². The van der Waals surface area contributed by atoms with Gasteiger partial charge in [0.05, 0.1) is 16.6 Å². The van der Waals surface area contributed by atoms with Gasteiger partial charge in [0.25, 0.3) is 0 Å². The van der Waals surface area contributed by atoms with Crippen LogP contribution >= 0.6 is 0 Å². The van der Waals surface area contributed by atoms with Crippen LogP contribution in [0.15, 0.2) is 18.5 Å². The predicted molar refractivity (Wildman–Crippen MR) is 71.8 cm³/mol. The van der Waals surface area contributed by atoms with Crippen molar-refractivity contribution < 1.29 is 13.7 Å². The van der Waals surface area contributed by atoms with Gasteiger partial charge in [-0.3, -0.25) is 0 Å². The Balaban J connectivity index is 2.04. The van der Waals surface area contributed by atoms with Crippen molar-refractivity contribution in [3.8, 4) is 0 Å². The van der Waals surface area contributed by atoms with Crippen molar-refractivity contribution >= 4 is 23.6 Å². The number of hydrogen-bond acceptors (Lipinski definition) is 3. The highest BCUT2D eigenvalue weighted by molar-refractivity contribution is 6.62. The number of aromatic amines is 1. The molecule has 100 valence electrons. The summed E-state index contributed by atoms with van der Waals surface area (Å²) in [4.78, 5) is 7.06. The molecule has 6 heteroatoms. The second-order valence-corrected chi connectivity index (χ2v) is 5.86. The number of nitrogens with one attached hydrogen (secondary N) is 1. The molecule has 19 heavy (non-hydrogen) atoms. The van der Waals surface area contributed by atoms with E-state index in [0.717, 1.165) is 0 Å². The van der Waals surface area contributed by atoms with Crippen LogP contribution in [0.3, 0.4) is 0 Å². The summed E-state index contributed by atoms with van der Waals surface area (Å²) in [6.45, 7) is 7.75. The maximum atomic E-state index is 14.4. The number of fused-ring (bicyclic) bond motifs is 1. The molecule has 0 atom stereocenters. The normalized spacial score (nSPS) is 21.2. The summed E-state index contributed by atoms with van der Waals surface area (Å²) in [7, 11) is -0.725. The number of hydrogen-bond donors (Lipinski definition) is 1. The fraction of sp³-hybridized carbons (Fsp3) is 0.462. The van der Waals surface area contributed by atoms with Crippen LogP contribution in [-0.4, -0.2) is 28.3 Å². The molecule has 1 fully saturated rings. The third kappa shape index (κ3) is 1.78. The molecule has 3 rings (SSSR count). The maximum Gasteiger partial charge on any atom is 0.499 e. The van der Waals surface area contributed by atoms with Gasteiger partial charge in [-0.05, 0) is 33.8 Å². The van der Waals surface area contributed by atoms with E-state index in [4.69, 9.17) is 9.31 Å². The monoisotopic (exact) mass is 262 g/mol. The molecule has 0 bridgehead atoms. The van der Waals surface area contributed by atoms with E-state index < -0.39 is 18.3 Å². The number of rotatable bonds is 1. The molecule has 0 radical (unpaired) electrons. The maximum absolute atomic E-state index is 14.4. The Bertz CT molecular complexity index is 623. The quantitative estimate of drug-likeness (QED) is 0.799. The fourth-order valence-corrected chi connectivity index (χ4v) is 2.13. The van der Waals surface area contributed by atoms with E-state index in [1.165, 1.54) is 6.20 Å². The summed E-state index contributed by atoms with van der Waals surface area (Å²) in [5, 5.41) is 0.451. The standard InChI is InChI=1S/C13H16BFN2O2/c1-12(2)13(3,4)19-14(18-12)9-7-17-11-8(10(9)15)5-6-16-11/h5-7H,1-4H3,(H,16,17). The SMILES string of the molecule is CC1(C)OB(c2cnc3[nH]ccc3c2F)OC1(C)C. The zero-order valence-corrected chi connectivity index (χ0v) is 11.5. The van der Waals surface area contributed by atoms with Crippen molar-refractivity contribution in [3.05, 3.63) is 24.3 Å². The highest BCUT2D eigenvalue weighted by Gasteiger charge is 2.52. The molecule has 1 aliphatic heterocycles. The highest BCUT2D eigenvalue weighted by Crippen LogP contribution is 2.36. The Morgan fingerprint density at radius 3 is 2.47 bits per heavy atom. The topological polar surface area (TPSA) is 47.1 Å². The van der Waals surface area contributed by atoms with Gasteiger partial charge < -0.3 is 14.3 Å². The summed E-state index contributed by atoms with van der Waals surface area (Å²) in [6, 6.07) is 1.66. The molecule has 3 heterocycles. The molecule has 1 N–H and O–H groups in total. The first kappa shape index (κ1) is 12.6. The van der Waals surface area contributed by atoms with Gasteiger partial charge in [-0.15, -0.1) is 0 Å². The molecule has 0 unspecified atom stereocenters. The molecule has 0 amide bonds. The van der Waals surface area contributed by atoms with E-state index in [9.17, 15) is 4.39 Å². The van der Waals surface area contributed by atoms with E-state index in [0.29, 0.717) is 16.5 Å². The minimum Gasteiger partial charge on any atom is -0.399 e. The summed E-state index contributed by atoms with van der Waals surface area (Å²) >= 11 is 0. The summed E-state index contributed by atoms with van der Waals surface area (Å²) in [6.07, 6.45) is 3.13. The van der Waals surface area contributed by atoms with E-state index >= 15 is 0 Å². The Kier molecular flexibility index (Phi) is 2.53. The Hall–Kier alpha value is -1.40. The molecule has 0 saturated carbocycles. The summed E-state index contributed by atoms with van der Waals surface area (Å²) < 4.78 is 26.1. The second kappa shape index (κ2) is 3.80. The van der Waals surface area contributed by atoms with Crippen molar-refractivity contribution in [2.75, 3.05) is 0 Å². The average molecular weight is 262 g/mol. The van der Waals surface area contributed by atoms with Crippen molar-refractivity contribution in [1.82, 2.24) is 9.97 Å². The van der Waals surface area contributed by atoms with Gasteiger partial charge in [0.2, 0.25) is 0 Å². The van der Waals surface area contributed by atoms with E-state index in [-0.39, 0.29) is 5.82 Å². The largest absolute Gasteiger partial charge is 0.499 e. The molecule has 2 aromatic rings. The Labute approximate surface area is 111 Å². The molecular weight excluding hydrogens is 246 g/mol. The van der Waals surface area contributed by atoms with Gasteiger partial charge in [-0.1, -0.05) is 0 Å². The zero-order valence-electron chi connectivity index (χ0n) is 11.5. The first-order valence-electron chi connectivity index (χ1n) is 6.29. The molecule has 0 aliphatic carbocycles. The van der Waals surface area contributed by atoms with Crippen molar-refractivity contribution in [2.45, 2.75) is 38.9 Å². The van der Waals surface area contributed by atoms with Gasteiger partial charge in [-0.25, -0.2) is 9.37 Å². The minimum atomic E-state index is -0.725. The molecule has 1 aliphatic rings. The van der Waals surface area contributed by atoms with E-state index in [1.807, 2.05) is 27.7 Å². The van der Waals surface area contributed by atoms with Crippen molar-refractivity contribution in [1.29, 1.82) is 0 Å². The lowest BCUT2D eigenvalue weighted by molar-refractivity contribution is 0.00578. The average Bonchev–Trinajstić information content (AvgIpc) is 2.83. The predicted octanol–water partition coefficient (Wildman–Crippen LogP) is 2.00. The van der Waals surface area contributed by atoms with Crippen LogP contribution in [0, 0.1) is 5.82 Å². The van der Waals surface area contributed by atoms with Gasteiger partial charge in [-0.2, -0.15) is 0 Å². The first-order chi connectivity index (χ1) is 8.82. The van der Waals surface area contributed by atoms with Crippen LogP contribution < -0.4 is 5.46 Å². The smallest absolute Gasteiger partial charge is 0.399 e. The third-order valence-electron chi connectivity index (χ3n) is 4.06. The second-order valence-electron chi connectivity index (χ2n) is 5.86. The zero-order chi connectivity index (χ0) is 13.8. The number of halogens is 1. The number of aromatic nitrogens is 2. The van der Waals surface area contributed by atoms with Crippen LogP contribution in [-0.2, 0) is 9.31 Å². The summed E-state index contributed by atoms with van der Waals surface area (Å²) in [5.41, 5.74) is -0.113. The molecule has 0 aromatic carbocycles. The van der Waals surface area contributed by atoms with E-state index in [2.05, 4.69) is 9.97 Å². The third-order valence-corrected chi connectivity index (χ3v) is 4.06. The number of H-pyrrole nitrogens is 1. The Morgan fingerprint density at radius 1 is 1.21 bits per heavy atom. The van der Waals surface area contributed by atoms with Gasteiger partial charge in [0.15, 0.2) is 0 Å². The number of nitrogens with zero attached hydrogens (tertiary/aromatic N) is 1. The molecule has 4 nitrogen and oxygen atoms in total. The van der Waals surface area contributed by atoms with Crippen molar-refractivity contribution in [3.63, 3.8) is 0 Å². The van der Waals surface area contributed by atoms with Crippen LogP contribution in [0.4, 0.5) is 4.39 Å². The lowest BCUT2D eigenvalue weighted by Gasteiger charge is -2.32. The molecule has 1 saturated heterocycles. The van der Waals surface area contributed by atoms with Crippen LogP contribution in [0.1, 0.15) is 27.7 Å². The fourth-order valence-electron chi connectivity index (χ4n) is 2.13. The lowest BCUT2D eigenvalue weighted by atomic mass is 9.79. The van der Waals surface area contributed by atoms with Gasteiger partial charge >= 0.3 is 7.12 Å². The molecule has 2 aromatic heterocycles. The molecular formula is C13H16BFN2O2. The highest BCUT2D eigenvalue weighted by atomic mass is 19.1. The van der Waals surface area contributed by atoms with Crippen LogP contribution in [0.5, 0.6) is 0 Å². The van der Waals surface area contributed by atoms with Gasteiger partial charge in [0.1, 0.15) is 11.5 Å².